The zero-order valence-electron chi connectivity index (χ0n) is 6.27. The molecule has 13 heavy (non-hydrogen) atoms. The number of carbonyl (C=O) groups is 1. The molecule has 1 N–H and O–H groups in total. The molecule has 0 unspecified atom stereocenters. The summed E-state index contributed by atoms with van der Waals surface area (Å²) in [6.07, 6.45) is 0. The highest BCUT2D eigenvalue weighted by molar-refractivity contribution is 7.85. The molecule has 0 aliphatic heterocycles. The van der Waals surface area contributed by atoms with Crippen LogP contribution in [0.25, 0.3) is 0 Å². The molecule has 70 valence electrons. The lowest BCUT2D eigenvalue weighted by molar-refractivity contribution is 0.108. The van der Waals surface area contributed by atoms with E-state index in [2.05, 4.69) is 0 Å². The minimum Gasteiger partial charge on any atom is -0.282 e. The lowest BCUT2D eigenvalue weighted by Crippen LogP contribution is -1.98. The summed E-state index contributed by atoms with van der Waals surface area (Å²) in [4.78, 5) is 10.3. The van der Waals surface area contributed by atoms with Gasteiger partial charge in [0, 0.05) is 5.56 Å². The molecule has 0 radical (unpaired) electrons. The Bertz CT molecular complexity index is 420. The monoisotopic (exact) mass is 220 g/mol. The van der Waals surface area contributed by atoms with Crippen molar-refractivity contribution >= 4 is 27.0 Å². The first kappa shape index (κ1) is 10.2. The van der Waals surface area contributed by atoms with E-state index in [9.17, 15) is 13.2 Å². The highest BCUT2D eigenvalue weighted by Gasteiger charge is 2.09. The Labute approximate surface area is 79.9 Å². The molecule has 4 nitrogen and oxygen atoms in total. The van der Waals surface area contributed by atoms with Crippen molar-refractivity contribution in [2.75, 3.05) is 0 Å². The van der Waals surface area contributed by atoms with E-state index in [0.29, 0.717) is 0 Å². The zero-order chi connectivity index (χ0) is 10.1. The third-order valence-corrected chi connectivity index (χ3v) is 2.47. The molecule has 1 aromatic carbocycles. The molecule has 6 heteroatoms. The number of halogens is 1. The van der Waals surface area contributed by atoms with Crippen molar-refractivity contribution in [3.05, 3.63) is 29.8 Å². The van der Waals surface area contributed by atoms with Gasteiger partial charge in [0.05, 0.1) is 4.90 Å². The predicted molar refractivity (Wildman–Crippen MR) is 46.4 cm³/mol. The summed E-state index contributed by atoms with van der Waals surface area (Å²) in [6, 6.07) is 4.65. The van der Waals surface area contributed by atoms with Crippen molar-refractivity contribution in [3.8, 4) is 0 Å². The van der Waals surface area contributed by atoms with Crippen LogP contribution in [-0.4, -0.2) is 18.2 Å². The van der Waals surface area contributed by atoms with Crippen LogP contribution in [-0.2, 0) is 10.1 Å². The van der Waals surface area contributed by atoms with Crippen LogP contribution in [0.15, 0.2) is 29.2 Å². The van der Waals surface area contributed by atoms with Gasteiger partial charge in [-0.05, 0) is 35.9 Å². The molecule has 1 aromatic rings. The van der Waals surface area contributed by atoms with Crippen LogP contribution in [0.1, 0.15) is 10.4 Å². The highest BCUT2D eigenvalue weighted by atomic mass is 35.5. The SMILES string of the molecule is O=C(Cl)c1ccc(S(=O)(=O)O)cc1. The Balaban J connectivity index is 3.16. The average Bonchev–Trinajstić information content (AvgIpc) is 2.03. The third kappa shape index (κ3) is 2.51. The van der Waals surface area contributed by atoms with E-state index in [4.69, 9.17) is 16.2 Å². The van der Waals surface area contributed by atoms with E-state index >= 15 is 0 Å². The molecule has 0 aliphatic carbocycles. The standard InChI is InChI=1S/C7H5ClO4S/c8-7(9)5-1-3-6(4-2-5)13(10,11)12/h1-4H,(H,10,11,12). The first-order valence-electron chi connectivity index (χ1n) is 3.18. The van der Waals surface area contributed by atoms with E-state index in [1.807, 2.05) is 0 Å². The molecule has 0 aromatic heterocycles. The molecule has 0 spiro atoms. The van der Waals surface area contributed by atoms with Crippen LogP contribution in [0.3, 0.4) is 0 Å². The number of carbonyl (C=O) groups excluding carboxylic acids is 1. The summed E-state index contributed by atoms with van der Waals surface area (Å²) in [7, 11) is -4.20. The fraction of sp³-hybridized carbons (Fsp3) is 0. The molecule has 0 atom stereocenters. The molecular formula is C7H5ClO4S. The van der Waals surface area contributed by atoms with E-state index in [1.165, 1.54) is 12.1 Å². The van der Waals surface area contributed by atoms with E-state index in [-0.39, 0.29) is 10.5 Å². The quantitative estimate of drug-likeness (QED) is 0.603. The first-order chi connectivity index (χ1) is 5.91. The van der Waals surface area contributed by atoms with Crippen LogP contribution < -0.4 is 0 Å². The van der Waals surface area contributed by atoms with Crippen LogP contribution in [0.2, 0.25) is 0 Å². The van der Waals surface area contributed by atoms with Gasteiger partial charge in [0.25, 0.3) is 15.4 Å². The fourth-order valence-electron chi connectivity index (χ4n) is 0.758. The average molecular weight is 221 g/mol. The smallest absolute Gasteiger partial charge is 0.282 e. The summed E-state index contributed by atoms with van der Waals surface area (Å²) in [6.45, 7) is 0. The van der Waals surface area contributed by atoms with Crippen molar-refractivity contribution in [3.63, 3.8) is 0 Å². The fourth-order valence-corrected chi connectivity index (χ4v) is 1.36. The molecule has 0 saturated carbocycles. The van der Waals surface area contributed by atoms with Crippen LogP contribution >= 0.6 is 11.6 Å². The Hall–Kier alpha value is -0.910. The summed E-state index contributed by atoms with van der Waals surface area (Å²) in [5.41, 5.74) is 0.175. The second-order valence-corrected chi connectivity index (χ2v) is 4.04. The zero-order valence-corrected chi connectivity index (χ0v) is 7.84. The lowest BCUT2D eigenvalue weighted by Gasteiger charge is -1.96. The van der Waals surface area contributed by atoms with Gasteiger partial charge in [-0.15, -0.1) is 0 Å². The third-order valence-electron chi connectivity index (χ3n) is 1.38. The van der Waals surface area contributed by atoms with Crippen LogP contribution in [0.5, 0.6) is 0 Å². The molecule has 0 saturated heterocycles. The Kier molecular flexibility index (Phi) is 2.70. The minimum absolute atomic E-state index is 0.175. The van der Waals surface area contributed by atoms with Crippen molar-refractivity contribution in [2.24, 2.45) is 0 Å². The van der Waals surface area contributed by atoms with Gasteiger partial charge in [0.1, 0.15) is 0 Å². The molecule has 0 heterocycles. The number of hydrogen-bond acceptors (Lipinski definition) is 3. The maximum Gasteiger partial charge on any atom is 0.294 e. The number of rotatable bonds is 2. The van der Waals surface area contributed by atoms with Gasteiger partial charge in [-0.2, -0.15) is 8.42 Å². The van der Waals surface area contributed by atoms with Gasteiger partial charge in [0.2, 0.25) is 0 Å². The summed E-state index contributed by atoms with van der Waals surface area (Å²) in [5, 5.41) is -0.679. The van der Waals surface area contributed by atoms with E-state index in [0.717, 1.165) is 12.1 Å². The molecule has 0 fully saturated rings. The number of benzene rings is 1. The molecule has 0 aliphatic rings. The maximum absolute atomic E-state index is 10.6. The summed E-state index contributed by atoms with van der Waals surface area (Å²) >= 11 is 5.12. The van der Waals surface area contributed by atoms with E-state index in [1.54, 1.807) is 0 Å². The lowest BCUT2D eigenvalue weighted by atomic mass is 10.2. The first-order valence-corrected chi connectivity index (χ1v) is 5.00. The Morgan fingerprint density at radius 1 is 1.23 bits per heavy atom. The second-order valence-electron chi connectivity index (χ2n) is 2.27. The summed E-state index contributed by atoms with van der Waals surface area (Å²) in [5.74, 6) is 0. The van der Waals surface area contributed by atoms with Gasteiger partial charge in [-0.3, -0.25) is 9.35 Å². The topological polar surface area (TPSA) is 71.4 Å². The predicted octanol–water partition coefficient (Wildman–Crippen LogP) is 1.31. The van der Waals surface area contributed by atoms with Crippen molar-refractivity contribution < 1.29 is 17.8 Å². The largest absolute Gasteiger partial charge is 0.294 e. The number of hydrogen-bond donors (Lipinski definition) is 1. The van der Waals surface area contributed by atoms with Gasteiger partial charge in [-0.25, -0.2) is 0 Å². The van der Waals surface area contributed by atoms with Crippen molar-refractivity contribution in [1.82, 2.24) is 0 Å². The van der Waals surface area contributed by atoms with Crippen molar-refractivity contribution in [2.45, 2.75) is 4.90 Å². The van der Waals surface area contributed by atoms with Gasteiger partial charge in [0.15, 0.2) is 0 Å². The maximum atomic E-state index is 10.6. The Morgan fingerprint density at radius 3 is 2.00 bits per heavy atom. The van der Waals surface area contributed by atoms with Crippen LogP contribution in [0, 0.1) is 0 Å². The molecule has 0 amide bonds. The van der Waals surface area contributed by atoms with Gasteiger partial charge >= 0.3 is 0 Å². The molecule has 0 bridgehead atoms. The second kappa shape index (κ2) is 3.45. The molecular weight excluding hydrogens is 216 g/mol. The van der Waals surface area contributed by atoms with E-state index < -0.39 is 15.4 Å². The normalized spacial score (nSPS) is 11.2. The Morgan fingerprint density at radius 2 is 1.69 bits per heavy atom. The minimum atomic E-state index is -4.20. The molecule has 1 rings (SSSR count). The van der Waals surface area contributed by atoms with Gasteiger partial charge in [-0.1, -0.05) is 0 Å². The summed E-state index contributed by atoms with van der Waals surface area (Å²) < 4.78 is 29.7. The van der Waals surface area contributed by atoms with Crippen molar-refractivity contribution in [1.29, 1.82) is 0 Å². The van der Waals surface area contributed by atoms with Crippen LogP contribution in [0.4, 0.5) is 0 Å². The highest BCUT2D eigenvalue weighted by Crippen LogP contribution is 2.11. The van der Waals surface area contributed by atoms with Gasteiger partial charge < -0.3 is 0 Å².